The Balaban J connectivity index is 2.04. The molecule has 0 saturated carbocycles. The number of carbonyl (C=O) groups excluding carboxylic acids is 2. The summed E-state index contributed by atoms with van der Waals surface area (Å²) in [7, 11) is 0. The summed E-state index contributed by atoms with van der Waals surface area (Å²) in [5.41, 5.74) is -1.68. The van der Waals surface area contributed by atoms with E-state index in [2.05, 4.69) is 0 Å². The molecule has 0 aliphatic heterocycles. The second kappa shape index (κ2) is 5.66. The van der Waals surface area contributed by atoms with Crippen LogP contribution in [0.3, 0.4) is 0 Å². The van der Waals surface area contributed by atoms with Gasteiger partial charge in [-0.15, -0.1) is 0 Å². The van der Waals surface area contributed by atoms with Crippen molar-refractivity contribution >= 4 is 11.6 Å². The standard InChI is InChI=1S/C21H17NO5/c1-2-10-6-7-11-14(21(10,27)9-22)8-13-17(19(11)25)20(26)16-12(18(13)24)4-3-5-15(16)23/h3-5,8,10,23,25,27H,2,6-7H2,1H3/t10-,21+/m0/s1. The van der Waals surface area contributed by atoms with E-state index in [1.54, 1.807) is 0 Å². The smallest absolute Gasteiger partial charge is 0.201 e. The zero-order chi connectivity index (χ0) is 19.5. The number of rotatable bonds is 1. The Hall–Kier alpha value is -3.17. The van der Waals surface area contributed by atoms with E-state index in [1.807, 2.05) is 13.0 Å². The second-order valence-corrected chi connectivity index (χ2v) is 7.05. The maximum atomic E-state index is 13.0. The Labute approximate surface area is 155 Å². The molecule has 0 saturated heterocycles. The van der Waals surface area contributed by atoms with Crippen molar-refractivity contribution in [2.24, 2.45) is 5.92 Å². The molecule has 0 heterocycles. The van der Waals surface area contributed by atoms with Crippen molar-refractivity contribution in [2.75, 3.05) is 0 Å². The zero-order valence-corrected chi connectivity index (χ0v) is 14.6. The zero-order valence-electron chi connectivity index (χ0n) is 14.6. The highest BCUT2D eigenvalue weighted by molar-refractivity contribution is 6.30. The highest BCUT2D eigenvalue weighted by Crippen LogP contribution is 2.48. The molecule has 0 unspecified atom stereocenters. The minimum absolute atomic E-state index is 0.0372. The molecule has 27 heavy (non-hydrogen) atoms. The Morgan fingerprint density at radius 2 is 1.93 bits per heavy atom. The van der Waals surface area contributed by atoms with Gasteiger partial charge >= 0.3 is 0 Å². The molecule has 0 fully saturated rings. The van der Waals surface area contributed by atoms with Crippen molar-refractivity contribution in [3.8, 4) is 17.6 Å². The molecule has 0 amide bonds. The van der Waals surface area contributed by atoms with Crippen LogP contribution in [0, 0.1) is 17.2 Å². The number of carbonyl (C=O) groups is 2. The number of nitriles is 1. The molecule has 2 atom stereocenters. The number of phenolic OH excluding ortho intramolecular Hbond substituents is 2. The summed E-state index contributed by atoms with van der Waals surface area (Å²) in [4.78, 5) is 25.9. The first-order valence-corrected chi connectivity index (χ1v) is 8.79. The maximum absolute atomic E-state index is 13.0. The van der Waals surface area contributed by atoms with Gasteiger partial charge in [0.05, 0.1) is 11.1 Å². The monoisotopic (exact) mass is 363 g/mol. The van der Waals surface area contributed by atoms with Crippen molar-refractivity contribution < 1.29 is 24.9 Å². The predicted octanol–water partition coefficient (Wildman–Crippen LogP) is 2.56. The average molecular weight is 363 g/mol. The van der Waals surface area contributed by atoms with Gasteiger partial charge in [-0.05, 0) is 31.4 Å². The third-order valence-corrected chi connectivity index (χ3v) is 5.80. The topological polar surface area (TPSA) is 119 Å². The molecule has 0 bridgehead atoms. The van der Waals surface area contributed by atoms with Crippen LogP contribution in [0.25, 0.3) is 0 Å². The van der Waals surface area contributed by atoms with Crippen LogP contribution >= 0.6 is 0 Å². The van der Waals surface area contributed by atoms with Crippen LogP contribution in [0.2, 0.25) is 0 Å². The van der Waals surface area contributed by atoms with Gasteiger partial charge in [-0.2, -0.15) is 5.26 Å². The van der Waals surface area contributed by atoms with Crippen molar-refractivity contribution in [3.63, 3.8) is 0 Å². The van der Waals surface area contributed by atoms with E-state index in [-0.39, 0.29) is 39.5 Å². The summed E-state index contributed by atoms with van der Waals surface area (Å²) in [6.07, 6.45) is 1.42. The summed E-state index contributed by atoms with van der Waals surface area (Å²) in [5.74, 6) is -2.23. The number of ketones is 2. The van der Waals surface area contributed by atoms with E-state index in [0.29, 0.717) is 24.8 Å². The van der Waals surface area contributed by atoms with Gasteiger partial charge in [-0.3, -0.25) is 9.59 Å². The van der Waals surface area contributed by atoms with E-state index in [1.165, 1.54) is 24.3 Å². The fourth-order valence-electron chi connectivity index (χ4n) is 4.35. The molecule has 2 aliphatic carbocycles. The Kier molecular flexibility index (Phi) is 3.62. The van der Waals surface area contributed by atoms with E-state index in [0.717, 1.165) is 0 Å². The summed E-state index contributed by atoms with van der Waals surface area (Å²) >= 11 is 0. The molecule has 4 rings (SSSR count). The molecule has 0 radical (unpaired) electrons. The lowest BCUT2D eigenvalue weighted by atomic mass is 9.68. The number of fused-ring (bicyclic) bond motifs is 3. The third kappa shape index (κ3) is 2.09. The Bertz CT molecular complexity index is 1070. The second-order valence-electron chi connectivity index (χ2n) is 7.05. The number of hydrogen-bond acceptors (Lipinski definition) is 6. The molecule has 2 aromatic carbocycles. The quantitative estimate of drug-likeness (QED) is 0.572. The number of phenols is 2. The number of aromatic hydroxyl groups is 2. The maximum Gasteiger partial charge on any atom is 0.201 e. The lowest BCUT2D eigenvalue weighted by molar-refractivity contribution is 0.0169. The van der Waals surface area contributed by atoms with Crippen molar-refractivity contribution in [2.45, 2.75) is 31.8 Å². The van der Waals surface area contributed by atoms with Gasteiger partial charge in [0.25, 0.3) is 0 Å². The first kappa shape index (κ1) is 17.3. The largest absolute Gasteiger partial charge is 0.507 e. The van der Waals surface area contributed by atoms with E-state index in [4.69, 9.17) is 0 Å². The summed E-state index contributed by atoms with van der Waals surface area (Å²) in [6, 6.07) is 7.50. The number of benzene rings is 2. The van der Waals surface area contributed by atoms with Crippen LogP contribution in [0.1, 0.15) is 62.7 Å². The van der Waals surface area contributed by atoms with E-state index in [9.17, 15) is 30.2 Å². The highest BCUT2D eigenvalue weighted by atomic mass is 16.3. The summed E-state index contributed by atoms with van der Waals surface area (Å²) in [5, 5.41) is 41.5. The fraction of sp³-hybridized carbons (Fsp3) is 0.286. The van der Waals surface area contributed by atoms with Crippen LogP contribution in [0.15, 0.2) is 24.3 Å². The minimum Gasteiger partial charge on any atom is -0.507 e. The Morgan fingerprint density at radius 1 is 1.19 bits per heavy atom. The van der Waals surface area contributed by atoms with Gasteiger partial charge in [0.15, 0.2) is 11.4 Å². The first-order chi connectivity index (χ1) is 12.8. The van der Waals surface area contributed by atoms with Crippen LogP contribution in [0.5, 0.6) is 11.5 Å². The van der Waals surface area contributed by atoms with Crippen molar-refractivity contribution in [3.05, 3.63) is 57.6 Å². The SMILES string of the molecule is CC[C@H]1CCc2c(cc3c(c2O)C(=O)c2c(O)cccc2C3=O)[C@@]1(O)C#N. The summed E-state index contributed by atoms with van der Waals surface area (Å²) < 4.78 is 0. The van der Waals surface area contributed by atoms with Crippen LogP contribution in [0.4, 0.5) is 0 Å². The molecule has 0 aromatic heterocycles. The molecule has 136 valence electrons. The van der Waals surface area contributed by atoms with Crippen molar-refractivity contribution in [1.29, 1.82) is 5.26 Å². The molecule has 0 spiro atoms. The van der Waals surface area contributed by atoms with Gasteiger partial charge < -0.3 is 15.3 Å². The van der Waals surface area contributed by atoms with E-state index < -0.39 is 22.9 Å². The fourth-order valence-corrected chi connectivity index (χ4v) is 4.35. The van der Waals surface area contributed by atoms with Gasteiger partial charge in [0, 0.05) is 28.2 Å². The Morgan fingerprint density at radius 3 is 2.59 bits per heavy atom. The normalized spacial score (nSPS) is 23.2. The number of aliphatic hydroxyl groups is 1. The minimum atomic E-state index is -1.84. The predicted molar refractivity (Wildman–Crippen MR) is 94.7 cm³/mol. The lowest BCUT2D eigenvalue weighted by Gasteiger charge is -2.37. The molecule has 3 N–H and O–H groups in total. The number of nitrogens with zero attached hydrogens (tertiary/aromatic N) is 1. The molecule has 6 nitrogen and oxygen atoms in total. The van der Waals surface area contributed by atoms with Gasteiger partial charge in [-0.25, -0.2) is 0 Å². The van der Waals surface area contributed by atoms with Crippen LogP contribution in [-0.4, -0.2) is 26.9 Å². The van der Waals surface area contributed by atoms with Gasteiger partial charge in [-0.1, -0.05) is 19.1 Å². The first-order valence-electron chi connectivity index (χ1n) is 8.79. The molecular formula is C21H17NO5. The van der Waals surface area contributed by atoms with Gasteiger partial charge in [0.1, 0.15) is 17.6 Å². The molecule has 6 heteroatoms. The van der Waals surface area contributed by atoms with Crippen LogP contribution in [-0.2, 0) is 12.0 Å². The number of hydrogen-bond donors (Lipinski definition) is 3. The van der Waals surface area contributed by atoms with Crippen molar-refractivity contribution in [1.82, 2.24) is 0 Å². The molecule has 2 aliphatic rings. The molecule has 2 aromatic rings. The molecular weight excluding hydrogens is 346 g/mol. The summed E-state index contributed by atoms with van der Waals surface area (Å²) in [6.45, 7) is 1.87. The third-order valence-electron chi connectivity index (χ3n) is 5.80. The van der Waals surface area contributed by atoms with E-state index >= 15 is 0 Å². The van der Waals surface area contributed by atoms with Crippen LogP contribution < -0.4 is 0 Å². The average Bonchev–Trinajstić information content (AvgIpc) is 2.66. The highest BCUT2D eigenvalue weighted by Gasteiger charge is 2.46. The lowest BCUT2D eigenvalue weighted by Crippen LogP contribution is -2.39. The van der Waals surface area contributed by atoms with Gasteiger partial charge in [0.2, 0.25) is 5.78 Å².